The Balaban J connectivity index is 1.49. The van der Waals surface area contributed by atoms with Crippen molar-refractivity contribution >= 4 is 17.7 Å². The summed E-state index contributed by atoms with van der Waals surface area (Å²) in [5.74, 6) is -2.62. The molecule has 1 saturated heterocycles. The van der Waals surface area contributed by atoms with Crippen LogP contribution < -0.4 is 16.0 Å². The fourth-order valence-electron chi connectivity index (χ4n) is 3.45. The summed E-state index contributed by atoms with van der Waals surface area (Å²) >= 11 is 0. The van der Waals surface area contributed by atoms with E-state index >= 15 is 0 Å². The first kappa shape index (κ1) is 22.4. The Morgan fingerprint density at radius 3 is 2.29 bits per heavy atom. The molecule has 1 aliphatic rings. The molecule has 0 bridgehead atoms. The summed E-state index contributed by atoms with van der Waals surface area (Å²) < 4.78 is 26.5. The van der Waals surface area contributed by atoms with E-state index in [-0.39, 0.29) is 23.9 Å². The maximum Gasteiger partial charge on any atom is 0.245 e. The molecule has 1 heterocycles. The lowest BCUT2D eigenvalue weighted by Crippen LogP contribution is -2.50. The predicted octanol–water partition coefficient (Wildman–Crippen LogP) is 2.02. The van der Waals surface area contributed by atoms with Crippen LogP contribution in [0.5, 0.6) is 0 Å². The summed E-state index contributed by atoms with van der Waals surface area (Å²) in [5, 5.41) is 8.05. The highest BCUT2D eigenvalue weighted by Crippen LogP contribution is 2.15. The topological polar surface area (TPSA) is 97.2 Å². The van der Waals surface area contributed by atoms with E-state index in [4.69, 9.17) is 0 Å². The molecule has 0 radical (unpaired) electrons. The zero-order chi connectivity index (χ0) is 22.4. The molecule has 8 heteroatoms. The lowest BCUT2D eigenvalue weighted by Gasteiger charge is -2.20. The molecule has 3 N–H and O–H groups in total. The number of aryl methyl sites for hydroxylation is 1. The zero-order valence-corrected chi connectivity index (χ0v) is 17.2. The molecule has 3 amide bonds. The van der Waals surface area contributed by atoms with Crippen molar-refractivity contribution in [2.24, 2.45) is 0 Å². The average molecular weight is 429 g/mol. The van der Waals surface area contributed by atoms with Gasteiger partial charge in [0.2, 0.25) is 17.7 Å². The van der Waals surface area contributed by atoms with Crippen molar-refractivity contribution in [3.05, 3.63) is 71.3 Å². The SMILES string of the molecule is C[C@H](NC(=O)Cc1cc(F)cc(F)c1)C(=O)N[C@@H](CCCc1ccccc1)C1NC1=O. The van der Waals surface area contributed by atoms with Crippen molar-refractivity contribution in [3.8, 4) is 0 Å². The van der Waals surface area contributed by atoms with Crippen molar-refractivity contribution in [2.75, 3.05) is 0 Å². The number of rotatable bonds is 10. The van der Waals surface area contributed by atoms with Crippen molar-refractivity contribution in [2.45, 2.75) is 50.7 Å². The van der Waals surface area contributed by atoms with Gasteiger partial charge in [-0.2, -0.15) is 0 Å². The minimum absolute atomic E-state index is 0.116. The lowest BCUT2D eigenvalue weighted by atomic mass is 10.0. The van der Waals surface area contributed by atoms with E-state index in [0.29, 0.717) is 6.42 Å². The van der Waals surface area contributed by atoms with E-state index in [1.54, 1.807) is 0 Å². The highest BCUT2D eigenvalue weighted by Gasteiger charge is 2.41. The quantitative estimate of drug-likeness (QED) is 0.504. The van der Waals surface area contributed by atoms with E-state index in [0.717, 1.165) is 31.0 Å². The Morgan fingerprint density at radius 1 is 1.03 bits per heavy atom. The molecule has 6 nitrogen and oxygen atoms in total. The van der Waals surface area contributed by atoms with Crippen LogP contribution in [0.15, 0.2) is 48.5 Å². The van der Waals surface area contributed by atoms with Gasteiger partial charge in [0.05, 0.1) is 12.5 Å². The van der Waals surface area contributed by atoms with Gasteiger partial charge in [-0.05, 0) is 49.4 Å². The van der Waals surface area contributed by atoms with Gasteiger partial charge < -0.3 is 16.0 Å². The molecule has 3 rings (SSSR count). The second-order valence-corrected chi connectivity index (χ2v) is 7.72. The lowest BCUT2D eigenvalue weighted by molar-refractivity contribution is -0.128. The molecule has 1 unspecified atom stereocenters. The summed E-state index contributed by atoms with van der Waals surface area (Å²) in [6.07, 6.45) is 1.96. The molecule has 1 aliphatic heterocycles. The molecule has 0 aliphatic carbocycles. The van der Waals surface area contributed by atoms with Crippen LogP contribution in [-0.4, -0.2) is 35.8 Å². The summed E-state index contributed by atoms with van der Waals surface area (Å²) in [7, 11) is 0. The Morgan fingerprint density at radius 2 is 1.68 bits per heavy atom. The smallest absolute Gasteiger partial charge is 0.245 e. The van der Waals surface area contributed by atoms with Gasteiger partial charge in [0, 0.05) is 6.07 Å². The number of nitrogens with one attached hydrogen (secondary N) is 3. The van der Waals surface area contributed by atoms with Crippen LogP contribution in [0.3, 0.4) is 0 Å². The van der Waals surface area contributed by atoms with Gasteiger partial charge in [-0.15, -0.1) is 0 Å². The highest BCUT2D eigenvalue weighted by atomic mass is 19.1. The van der Waals surface area contributed by atoms with Gasteiger partial charge in [0.25, 0.3) is 0 Å². The monoisotopic (exact) mass is 429 g/mol. The van der Waals surface area contributed by atoms with E-state index in [9.17, 15) is 23.2 Å². The largest absolute Gasteiger partial charge is 0.349 e. The number of carbonyl (C=O) groups excluding carboxylic acids is 3. The molecule has 2 aromatic carbocycles. The second-order valence-electron chi connectivity index (χ2n) is 7.72. The van der Waals surface area contributed by atoms with Gasteiger partial charge in [-0.25, -0.2) is 8.78 Å². The third-order valence-corrected chi connectivity index (χ3v) is 5.11. The van der Waals surface area contributed by atoms with Crippen LogP contribution in [0.4, 0.5) is 8.78 Å². The van der Waals surface area contributed by atoms with Crippen LogP contribution in [0.2, 0.25) is 0 Å². The average Bonchev–Trinajstić information content (AvgIpc) is 3.43. The minimum Gasteiger partial charge on any atom is -0.349 e. The predicted molar refractivity (Wildman–Crippen MR) is 111 cm³/mol. The fourth-order valence-corrected chi connectivity index (χ4v) is 3.45. The van der Waals surface area contributed by atoms with Gasteiger partial charge in [0.15, 0.2) is 0 Å². The molecular formula is C23H25F2N3O3. The zero-order valence-electron chi connectivity index (χ0n) is 17.2. The van der Waals surface area contributed by atoms with Gasteiger partial charge in [0.1, 0.15) is 23.7 Å². The first-order valence-corrected chi connectivity index (χ1v) is 10.2. The van der Waals surface area contributed by atoms with Crippen molar-refractivity contribution < 1.29 is 23.2 Å². The third kappa shape index (κ3) is 6.87. The standard InChI is InChI=1S/C23H25F2N3O3/c1-14(26-20(29)12-16-10-17(24)13-18(25)11-16)22(30)27-19(21-23(31)28-21)9-5-8-15-6-3-2-4-7-15/h2-4,6-7,10-11,13-14,19,21H,5,8-9,12H2,1H3,(H,26,29)(H,27,30)(H,28,31)/t14-,19-,21?/m0/s1. The molecular weight excluding hydrogens is 404 g/mol. The van der Waals surface area contributed by atoms with Crippen LogP contribution in [0.25, 0.3) is 0 Å². The van der Waals surface area contributed by atoms with E-state index < -0.39 is 35.5 Å². The molecule has 0 spiro atoms. The van der Waals surface area contributed by atoms with Crippen LogP contribution in [-0.2, 0) is 27.2 Å². The number of hydrogen-bond donors (Lipinski definition) is 3. The minimum atomic E-state index is -0.864. The Hall–Kier alpha value is -3.29. The number of halogens is 2. The van der Waals surface area contributed by atoms with Crippen molar-refractivity contribution in [1.29, 1.82) is 0 Å². The summed E-state index contributed by atoms with van der Waals surface area (Å²) in [6.45, 7) is 1.52. The van der Waals surface area contributed by atoms with Gasteiger partial charge in [-0.3, -0.25) is 14.4 Å². The van der Waals surface area contributed by atoms with Gasteiger partial charge in [-0.1, -0.05) is 30.3 Å². The van der Waals surface area contributed by atoms with E-state index in [1.807, 2.05) is 30.3 Å². The fraction of sp³-hybridized carbons (Fsp3) is 0.348. The molecule has 3 atom stereocenters. The van der Waals surface area contributed by atoms with Gasteiger partial charge >= 0.3 is 0 Å². The van der Waals surface area contributed by atoms with Crippen LogP contribution in [0, 0.1) is 11.6 Å². The van der Waals surface area contributed by atoms with E-state index in [2.05, 4.69) is 16.0 Å². The maximum absolute atomic E-state index is 13.3. The Kier molecular flexibility index (Phi) is 7.33. The number of carbonyl (C=O) groups is 3. The summed E-state index contributed by atoms with van der Waals surface area (Å²) in [5.41, 5.74) is 1.35. The second kappa shape index (κ2) is 10.1. The first-order chi connectivity index (χ1) is 14.8. The Bertz CT molecular complexity index is 932. The van der Waals surface area contributed by atoms with Crippen LogP contribution in [0.1, 0.15) is 30.9 Å². The third-order valence-electron chi connectivity index (χ3n) is 5.11. The molecule has 164 valence electrons. The number of benzene rings is 2. The van der Waals surface area contributed by atoms with Crippen molar-refractivity contribution in [3.63, 3.8) is 0 Å². The molecule has 2 aromatic rings. The molecule has 31 heavy (non-hydrogen) atoms. The summed E-state index contributed by atoms with van der Waals surface area (Å²) in [6, 6.07) is 11.1. The normalized spacial score (nSPS) is 16.7. The molecule has 1 fully saturated rings. The summed E-state index contributed by atoms with van der Waals surface area (Å²) in [4.78, 5) is 36.3. The maximum atomic E-state index is 13.3. The molecule has 0 aromatic heterocycles. The molecule has 0 saturated carbocycles. The van der Waals surface area contributed by atoms with Crippen LogP contribution >= 0.6 is 0 Å². The van der Waals surface area contributed by atoms with E-state index in [1.165, 1.54) is 12.5 Å². The first-order valence-electron chi connectivity index (χ1n) is 10.2. The van der Waals surface area contributed by atoms with Crippen molar-refractivity contribution in [1.82, 2.24) is 16.0 Å². The highest BCUT2D eigenvalue weighted by molar-refractivity contribution is 5.98. The number of amides is 3. The Labute approximate surface area is 179 Å². The number of hydrogen-bond acceptors (Lipinski definition) is 3.